The van der Waals surface area contributed by atoms with Crippen molar-refractivity contribution >= 4 is 5.91 Å². The van der Waals surface area contributed by atoms with E-state index in [9.17, 15) is 4.79 Å². The lowest BCUT2D eigenvalue weighted by Gasteiger charge is -2.32. The molecule has 1 heterocycles. The molecule has 1 atom stereocenters. The number of amides is 1. The van der Waals surface area contributed by atoms with Crippen LogP contribution in [0.15, 0.2) is 0 Å². The first kappa shape index (κ1) is 16.4. The van der Waals surface area contributed by atoms with Crippen LogP contribution in [-0.4, -0.2) is 49.2 Å². The molecule has 0 saturated carbocycles. The fourth-order valence-corrected chi connectivity index (χ4v) is 2.57. The topological polar surface area (TPSA) is 41.6 Å². The van der Waals surface area contributed by atoms with Crippen LogP contribution in [0.4, 0.5) is 0 Å². The van der Waals surface area contributed by atoms with Crippen LogP contribution in [-0.2, 0) is 9.53 Å². The molecule has 0 aromatic heterocycles. The Hall–Kier alpha value is -0.610. The third kappa shape index (κ3) is 7.53. The van der Waals surface area contributed by atoms with Crippen LogP contribution >= 0.6 is 0 Å². The zero-order valence-corrected chi connectivity index (χ0v) is 12.9. The molecule has 1 aliphatic heterocycles. The van der Waals surface area contributed by atoms with Gasteiger partial charge in [-0.25, -0.2) is 0 Å². The quantitative estimate of drug-likeness (QED) is 0.770. The molecule has 1 N–H and O–H groups in total. The van der Waals surface area contributed by atoms with E-state index in [4.69, 9.17) is 4.74 Å². The van der Waals surface area contributed by atoms with E-state index in [0.29, 0.717) is 18.6 Å². The molecule has 19 heavy (non-hydrogen) atoms. The van der Waals surface area contributed by atoms with Gasteiger partial charge in [0.1, 0.15) is 0 Å². The van der Waals surface area contributed by atoms with E-state index in [1.165, 1.54) is 12.8 Å². The van der Waals surface area contributed by atoms with Crippen molar-refractivity contribution in [3.63, 3.8) is 0 Å². The van der Waals surface area contributed by atoms with Gasteiger partial charge >= 0.3 is 0 Å². The fraction of sp³-hybridized carbons (Fsp3) is 0.933. The number of hydrogen-bond donors (Lipinski definition) is 1. The highest BCUT2D eigenvalue weighted by Crippen LogP contribution is 2.19. The van der Waals surface area contributed by atoms with Gasteiger partial charge in [-0.15, -0.1) is 0 Å². The molecule has 1 amide bonds. The van der Waals surface area contributed by atoms with Crippen molar-refractivity contribution in [1.29, 1.82) is 0 Å². The summed E-state index contributed by atoms with van der Waals surface area (Å²) in [6.45, 7) is 11.6. The van der Waals surface area contributed by atoms with Gasteiger partial charge in [0.2, 0.25) is 5.91 Å². The monoisotopic (exact) mass is 270 g/mol. The zero-order valence-electron chi connectivity index (χ0n) is 12.9. The van der Waals surface area contributed by atoms with Crippen LogP contribution in [0.25, 0.3) is 0 Å². The van der Waals surface area contributed by atoms with E-state index >= 15 is 0 Å². The molecule has 112 valence electrons. The number of nitrogens with zero attached hydrogens (tertiary/aromatic N) is 1. The Kier molecular flexibility index (Phi) is 7.39. The van der Waals surface area contributed by atoms with Gasteiger partial charge in [0.25, 0.3) is 0 Å². The van der Waals surface area contributed by atoms with E-state index in [2.05, 4.69) is 24.1 Å². The summed E-state index contributed by atoms with van der Waals surface area (Å²) in [6.07, 6.45) is 3.89. The SMILES string of the molecule is CC(C)NC(=O)CN1CCCC(CCOC(C)C)C1. The minimum absolute atomic E-state index is 0.147. The molecule has 1 fully saturated rings. The maximum absolute atomic E-state index is 11.8. The molecule has 0 aromatic carbocycles. The predicted molar refractivity (Wildman–Crippen MR) is 78.1 cm³/mol. The lowest BCUT2D eigenvalue weighted by molar-refractivity contribution is -0.123. The van der Waals surface area contributed by atoms with Crippen molar-refractivity contribution in [1.82, 2.24) is 10.2 Å². The fourth-order valence-electron chi connectivity index (χ4n) is 2.57. The molecule has 1 rings (SSSR count). The lowest BCUT2D eigenvalue weighted by atomic mass is 9.95. The highest BCUT2D eigenvalue weighted by atomic mass is 16.5. The molecule has 0 aromatic rings. The molecule has 4 nitrogen and oxygen atoms in total. The summed E-state index contributed by atoms with van der Waals surface area (Å²) in [5.74, 6) is 0.827. The molecule has 4 heteroatoms. The summed E-state index contributed by atoms with van der Waals surface area (Å²) in [6, 6.07) is 0.229. The van der Waals surface area contributed by atoms with E-state index < -0.39 is 0 Å². The van der Waals surface area contributed by atoms with Crippen LogP contribution < -0.4 is 5.32 Å². The molecule has 0 bridgehead atoms. The van der Waals surface area contributed by atoms with Gasteiger partial charge in [-0.05, 0) is 59.4 Å². The van der Waals surface area contributed by atoms with E-state index in [1.807, 2.05) is 13.8 Å². The number of carbonyl (C=O) groups excluding carboxylic acids is 1. The number of likely N-dealkylation sites (tertiary alicyclic amines) is 1. The molecule has 0 spiro atoms. The van der Waals surface area contributed by atoms with Crippen LogP contribution in [0.2, 0.25) is 0 Å². The Morgan fingerprint density at radius 2 is 2.11 bits per heavy atom. The van der Waals surface area contributed by atoms with E-state index in [0.717, 1.165) is 26.1 Å². The summed E-state index contributed by atoms with van der Waals surface area (Å²) in [4.78, 5) is 14.0. The second kappa shape index (κ2) is 8.54. The van der Waals surface area contributed by atoms with Crippen LogP contribution in [0.1, 0.15) is 47.0 Å². The third-order valence-corrected chi connectivity index (χ3v) is 3.40. The minimum Gasteiger partial charge on any atom is -0.379 e. The minimum atomic E-state index is 0.147. The third-order valence-electron chi connectivity index (χ3n) is 3.40. The summed E-state index contributed by atoms with van der Waals surface area (Å²) in [5, 5.41) is 2.96. The summed E-state index contributed by atoms with van der Waals surface area (Å²) < 4.78 is 5.62. The summed E-state index contributed by atoms with van der Waals surface area (Å²) in [7, 11) is 0. The Morgan fingerprint density at radius 1 is 1.37 bits per heavy atom. The lowest BCUT2D eigenvalue weighted by Crippen LogP contribution is -2.44. The molecular formula is C15H30N2O2. The average molecular weight is 270 g/mol. The van der Waals surface area contributed by atoms with Crippen molar-refractivity contribution in [2.24, 2.45) is 5.92 Å². The van der Waals surface area contributed by atoms with Gasteiger partial charge in [-0.3, -0.25) is 9.69 Å². The number of piperidine rings is 1. The summed E-state index contributed by atoms with van der Waals surface area (Å²) in [5.41, 5.74) is 0. The average Bonchev–Trinajstić information content (AvgIpc) is 2.27. The highest BCUT2D eigenvalue weighted by molar-refractivity contribution is 5.78. The Labute approximate surface area is 117 Å². The first-order chi connectivity index (χ1) is 8.97. The number of carbonyl (C=O) groups is 1. The highest BCUT2D eigenvalue weighted by Gasteiger charge is 2.21. The van der Waals surface area contributed by atoms with Gasteiger partial charge in [0, 0.05) is 19.2 Å². The zero-order chi connectivity index (χ0) is 14.3. The maximum Gasteiger partial charge on any atom is 0.234 e. The number of hydrogen-bond acceptors (Lipinski definition) is 3. The first-order valence-corrected chi connectivity index (χ1v) is 7.60. The Balaban J connectivity index is 2.23. The van der Waals surface area contributed by atoms with Gasteiger partial charge < -0.3 is 10.1 Å². The van der Waals surface area contributed by atoms with Gasteiger partial charge in [0.05, 0.1) is 12.6 Å². The van der Waals surface area contributed by atoms with Crippen LogP contribution in [0.3, 0.4) is 0 Å². The Bertz CT molecular complexity index is 267. The molecule has 0 aliphatic carbocycles. The van der Waals surface area contributed by atoms with Crippen LogP contribution in [0, 0.1) is 5.92 Å². The van der Waals surface area contributed by atoms with Crippen molar-refractivity contribution in [2.45, 2.75) is 59.1 Å². The first-order valence-electron chi connectivity index (χ1n) is 7.60. The van der Waals surface area contributed by atoms with E-state index in [-0.39, 0.29) is 11.9 Å². The predicted octanol–water partition coefficient (Wildman–Crippen LogP) is 2.04. The molecule has 0 radical (unpaired) electrons. The van der Waals surface area contributed by atoms with Crippen LogP contribution in [0.5, 0.6) is 0 Å². The maximum atomic E-state index is 11.8. The van der Waals surface area contributed by atoms with Gasteiger partial charge in [-0.1, -0.05) is 0 Å². The second-order valence-electron chi connectivity index (χ2n) is 6.17. The van der Waals surface area contributed by atoms with Crippen molar-refractivity contribution in [3.8, 4) is 0 Å². The van der Waals surface area contributed by atoms with Gasteiger partial charge in [-0.2, -0.15) is 0 Å². The van der Waals surface area contributed by atoms with Crippen molar-refractivity contribution in [2.75, 3.05) is 26.2 Å². The van der Waals surface area contributed by atoms with Gasteiger partial charge in [0.15, 0.2) is 0 Å². The molecule has 1 saturated heterocycles. The molecular weight excluding hydrogens is 240 g/mol. The standard InChI is InChI=1S/C15H30N2O2/c1-12(2)16-15(18)11-17-8-5-6-14(10-17)7-9-19-13(3)4/h12-14H,5-11H2,1-4H3,(H,16,18). The Morgan fingerprint density at radius 3 is 2.74 bits per heavy atom. The number of ether oxygens (including phenoxy) is 1. The molecule has 1 unspecified atom stereocenters. The van der Waals surface area contributed by atoms with Crippen molar-refractivity contribution in [3.05, 3.63) is 0 Å². The number of nitrogens with one attached hydrogen (secondary N) is 1. The van der Waals surface area contributed by atoms with Crippen molar-refractivity contribution < 1.29 is 9.53 Å². The largest absolute Gasteiger partial charge is 0.379 e. The second-order valence-corrected chi connectivity index (χ2v) is 6.17. The normalized spacial score (nSPS) is 21.1. The number of rotatable bonds is 7. The molecule has 1 aliphatic rings. The summed E-state index contributed by atoms with van der Waals surface area (Å²) >= 11 is 0. The van der Waals surface area contributed by atoms with E-state index in [1.54, 1.807) is 0 Å². The smallest absolute Gasteiger partial charge is 0.234 e.